The number of rotatable bonds is 2. The SMILES string of the molecule is CC1CNCCN1C(=O)c1cnc(-c2ccccn2)s1. The first-order chi connectivity index (χ1) is 9.75. The highest BCUT2D eigenvalue weighted by Crippen LogP contribution is 2.24. The van der Waals surface area contributed by atoms with E-state index in [1.165, 1.54) is 11.3 Å². The van der Waals surface area contributed by atoms with Gasteiger partial charge in [-0.3, -0.25) is 9.78 Å². The van der Waals surface area contributed by atoms with Gasteiger partial charge in [-0.25, -0.2) is 4.98 Å². The first-order valence-corrected chi connectivity index (χ1v) is 7.46. The Balaban J connectivity index is 1.81. The molecule has 0 aromatic carbocycles. The number of carbonyl (C=O) groups excluding carboxylic acids is 1. The molecule has 3 heterocycles. The maximum atomic E-state index is 12.5. The molecule has 1 saturated heterocycles. The molecule has 0 bridgehead atoms. The molecule has 0 aliphatic carbocycles. The van der Waals surface area contributed by atoms with Crippen LogP contribution in [0.2, 0.25) is 0 Å². The van der Waals surface area contributed by atoms with E-state index in [2.05, 4.69) is 22.2 Å². The number of pyridine rings is 1. The van der Waals surface area contributed by atoms with Crippen molar-refractivity contribution in [3.8, 4) is 10.7 Å². The lowest BCUT2D eigenvalue weighted by Gasteiger charge is -2.33. The third kappa shape index (κ3) is 2.57. The largest absolute Gasteiger partial charge is 0.333 e. The van der Waals surface area contributed by atoms with E-state index in [0.717, 1.165) is 30.3 Å². The van der Waals surface area contributed by atoms with Crippen LogP contribution in [0.25, 0.3) is 10.7 Å². The minimum Gasteiger partial charge on any atom is -0.333 e. The lowest BCUT2D eigenvalue weighted by atomic mass is 10.2. The molecular weight excluding hydrogens is 272 g/mol. The van der Waals surface area contributed by atoms with Crippen molar-refractivity contribution in [1.82, 2.24) is 20.2 Å². The van der Waals surface area contributed by atoms with E-state index in [-0.39, 0.29) is 11.9 Å². The Hall–Kier alpha value is -1.79. The Morgan fingerprint density at radius 1 is 1.45 bits per heavy atom. The highest BCUT2D eigenvalue weighted by molar-refractivity contribution is 7.16. The molecule has 2 aromatic heterocycles. The Morgan fingerprint density at radius 3 is 3.10 bits per heavy atom. The zero-order valence-corrected chi connectivity index (χ0v) is 12.1. The predicted molar refractivity (Wildman–Crippen MR) is 78.7 cm³/mol. The summed E-state index contributed by atoms with van der Waals surface area (Å²) in [6.07, 6.45) is 3.39. The van der Waals surface area contributed by atoms with Gasteiger partial charge in [-0.05, 0) is 19.1 Å². The van der Waals surface area contributed by atoms with Crippen molar-refractivity contribution in [1.29, 1.82) is 0 Å². The maximum absolute atomic E-state index is 12.5. The van der Waals surface area contributed by atoms with E-state index in [0.29, 0.717) is 4.88 Å². The summed E-state index contributed by atoms with van der Waals surface area (Å²) < 4.78 is 0. The van der Waals surface area contributed by atoms with Gasteiger partial charge in [0, 0.05) is 31.9 Å². The van der Waals surface area contributed by atoms with Gasteiger partial charge < -0.3 is 10.2 Å². The summed E-state index contributed by atoms with van der Waals surface area (Å²) >= 11 is 1.40. The highest BCUT2D eigenvalue weighted by atomic mass is 32.1. The van der Waals surface area contributed by atoms with Gasteiger partial charge in [0.15, 0.2) is 0 Å². The quantitative estimate of drug-likeness (QED) is 0.912. The summed E-state index contributed by atoms with van der Waals surface area (Å²) in [4.78, 5) is 23.7. The van der Waals surface area contributed by atoms with Gasteiger partial charge in [0.1, 0.15) is 9.88 Å². The number of hydrogen-bond acceptors (Lipinski definition) is 5. The number of thiazole rings is 1. The van der Waals surface area contributed by atoms with Gasteiger partial charge in [0.2, 0.25) is 0 Å². The molecule has 0 radical (unpaired) electrons. The van der Waals surface area contributed by atoms with Crippen molar-refractivity contribution in [2.24, 2.45) is 0 Å². The molecule has 0 spiro atoms. The molecule has 1 aliphatic heterocycles. The van der Waals surface area contributed by atoms with Crippen LogP contribution in [0.1, 0.15) is 16.6 Å². The fourth-order valence-electron chi connectivity index (χ4n) is 2.26. The summed E-state index contributed by atoms with van der Waals surface area (Å²) in [6.45, 7) is 4.50. The topological polar surface area (TPSA) is 58.1 Å². The van der Waals surface area contributed by atoms with E-state index in [9.17, 15) is 4.79 Å². The highest BCUT2D eigenvalue weighted by Gasteiger charge is 2.25. The van der Waals surface area contributed by atoms with Crippen LogP contribution in [0.15, 0.2) is 30.6 Å². The molecule has 2 aromatic rings. The van der Waals surface area contributed by atoms with E-state index in [4.69, 9.17) is 0 Å². The van der Waals surface area contributed by atoms with Crippen LogP contribution in [0.5, 0.6) is 0 Å². The summed E-state index contributed by atoms with van der Waals surface area (Å²) in [5.41, 5.74) is 0.810. The van der Waals surface area contributed by atoms with Crippen molar-refractivity contribution in [2.75, 3.05) is 19.6 Å². The van der Waals surface area contributed by atoms with Crippen molar-refractivity contribution >= 4 is 17.2 Å². The van der Waals surface area contributed by atoms with E-state index in [1.54, 1.807) is 12.4 Å². The minimum atomic E-state index is 0.0682. The Bertz CT molecular complexity index is 598. The third-order valence-electron chi connectivity index (χ3n) is 3.36. The number of hydrogen-bond donors (Lipinski definition) is 1. The molecule has 1 atom stereocenters. The molecule has 1 unspecified atom stereocenters. The summed E-state index contributed by atoms with van der Waals surface area (Å²) in [6, 6.07) is 5.91. The van der Waals surface area contributed by atoms with Crippen LogP contribution >= 0.6 is 11.3 Å². The maximum Gasteiger partial charge on any atom is 0.265 e. The molecule has 104 valence electrons. The number of carbonyl (C=O) groups is 1. The fourth-order valence-corrected chi connectivity index (χ4v) is 3.11. The van der Waals surface area contributed by atoms with E-state index in [1.807, 2.05) is 23.1 Å². The Labute approximate surface area is 121 Å². The summed E-state index contributed by atoms with van der Waals surface area (Å²) in [5.74, 6) is 0.0682. The Kier molecular flexibility index (Phi) is 3.75. The molecule has 1 amide bonds. The standard InChI is InChI=1S/C14H16N4OS/c1-10-8-15-6-7-18(10)14(19)12-9-17-13(20-12)11-4-2-3-5-16-11/h2-5,9-10,15H,6-8H2,1H3. The second-order valence-electron chi connectivity index (χ2n) is 4.80. The van der Waals surface area contributed by atoms with Gasteiger partial charge in [-0.2, -0.15) is 0 Å². The van der Waals surface area contributed by atoms with Crippen LogP contribution in [0.3, 0.4) is 0 Å². The Morgan fingerprint density at radius 2 is 2.35 bits per heavy atom. The first kappa shape index (κ1) is 13.2. The molecule has 1 N–H and O–H groups in total. The number of amides is 1. The molecule has 3 rings (SSSR count). The second kappa shape index (κ2) is 5.68. The molecule has 1 fully saturated rings. The molecule has 1 aliphatic rings. The molecule has 5 nitrogen and oxygen atoms in total. The summed E-state index contributed by atoms with van der Waals surface area (Å²) in [7, 11) is 0. The number of piperazine rings is 1. The molecular formula is C14H16N4OS. The zero-order chi connectivity index (χ0) is 13.9. The first-order valence-electron chi connectivity index (χ1n) is 6.64. The normalized spacial score (nSPS) is 19.1. The molecule has 20 heavy (non-hydrogen) atoms. The number of aromatic nitrogens is 2. The zero-order valence-electron chi connectivity index (χ0n) is 11.2. The smallest absolute Gasteiger partial charge is 0.265 e. The van der Waals surface area contributed by atoms with Gasteiger partial charge in [0.25, 0.3) is 5.91 Å². The summed E-state index contributed by atoms with van der Waals surface area (Å²) in [5, 5.41) is 4.07. The van der Waals surface area contributed by atoms with Gasteiger partial charge in [-0.1, -0.05) is 6.07 Å². The van der Waals surface area contributed by atoms with Crippen LogP contribution < -0.4 is 5.32 Å². The van der Waals surface area contributed by atoms with Crippen molar-refractivity contribution in [3.05, 3.63) is 35.5 Å². The van der Waals surface area contributed by atoms with Crippen LogP contribution in [0.4, 0.5) is 0 Å². The van der Waals surface area contributed by atoms with Gasteiger partial charge in [-0.15, -0.1) is 11.3 Å². The number of nitrogens with zero attached hydrogens (tertiary/aromatic N) is 3. The van der Waals surface area contributed by atoms with E-state index < -0.39 is 0 Å². The molecule has 6 heteroatoms. The fraction of sp³-hybridized carbons (Fsp3) is 0.357. The van der Waals surface area contributed by atoms with Crippen molar-refractivity contribution in [3.63, 3.8) is 0 Å². The average molecular weight is 288 g/mol. The second-order valence-corrected chi connectivity index (χ2v) is 5.83. The van der Waals surface area contributed by atoms with Crippen LogP contribution in [-0.4, -0.2) is 46.5 Å². The van der Waals surface area contributed by atoms with Crippen molar-refractivity contribution in [2.45, 2.75) is 13.0 Å². The number of nitrogens with one attached hydrogen (secondary N) is 1. The third-order valence-corrected chi connectivity index (χ3v) is 4.37. The average Bonchev–Trinajstić information content (AvgIpc) is 2.98. The minimum absolute atomic E-state index is 0.0682. The van der Waals surface area contributed by atoms with Crippen LogP contribution in [0, 0.1) is 0 Å². The van der Waals surface area contributed by atoms with Gasteiger partial charge in [0.05, 0.1) is 11.9 Å². The van der Waals surface area contributed by atoms with E-state index >= 15 is 0 Å². The van der Waals surface area contributed by atoms with Gasteiger partial charge >= 0.3 is 0 Å². The predicted octanol–water partition coefficient (Wildman–Crippen LogP) is 1.64. The lowest BCUT2D eigenvalue weighted by molar-refractivity contribution is 0.0660. The molecule has 0 saturated carbocycles. The lowest BCUT2D eigenvalue weighted by Crippen LogP contribution is -2.52. The van der Waals surface area contributed by atoms with Crippen LogP contribution in [-0.2, 0) is 0 Å². The van der Waals surface area contributed by atoms with Crippen molar-refractivity contribution < 1.29 is 4.79 Å². The monoisotopic (exact) mass is 288 g/mol.